The van der Waals surface area contributed by atoms with Gasteiger partial charge in [0.25, 0.3) is 5.91 Å². The van der Waals surface area contributed by atoms with Gasteiger partial charge in [-0.15, -0.1) is 0 Å². The van der Waals surface area contributed by atoms with Gasteiger partial charge in [0.1, 0.15) is 0 Å². The molecule has 0 bridgehead atoms. The van der Waals surface area contributed by atoms with Gasteiger partial charge in [-0.2, -0.15) is 0 Å². The molecule has 0 spiro atoms. The van der Waals surface area contributed by atoms with Gasteiger partial charge in [-0.05, 0) is 47.9 Å². The Morgan fingerprint density at radius 2 is 1.64 bits per heavy atom. The first-order valence-corrected chi connectivity index (χ1v) is 8.69. The van der Waals surface area contributed by atoms with E-state index < -0.39 is 0 Å². The number of hydrogen-bond donors (Lipinski definition) is 1. The lowest BCUT2D eigenvalue weighted by Crippen LogP contribution is -2.39. The molecule has 3 nitrogen and oxygen atoms in total. The summed E-state index contributed by atoms with van der Waals surface area (Å²) in [6.45, 7) is 0.562. The van der Waals surface area contributed by atoms with Crippen LogP contribution in [0.4, 0.5) is 0 Å². The Morgan fingerprint density at radius 1 is 0.960 bits per heavy atom. The minimum absolute atomic E-state index is 0.0418. The Hall–Kier alpha value is -2.65. The molecule has 3 aromatic rings. The first kappa shape index (κ1) is 17.2. The number of hydrogen-bond acceptors (Lipinski definition) is 2. The van der Waals surface area contributed by atoms with E-state index in [1.807, 2.05) is 66.5 Å². The molecule has 3 rings (SSSR count). The molecule has 0 saturated heterocycles. The molecular formula is C22H24N2O. The summed E-state index contributed by atoms with van der Waals surface area (Å²) in [6, 6.07) is 24.3. The number of likely N-dealkylation sites (N-methyl/N-ethyl adjacent to an activating group) is 1. The Morgan fingerprint density at radius 3 is 2.36 bits per heavy atom. The molecule has 0 saturated carbocycles. The normalized spacial score (nSPS) is 12.1. The molecule has 0 fully saturated rings. The van der Waals surface area contributed by atoms with Crippen LogP contribution < -0.4 is 5.73 Å². The average Bonchev–Trinajstić information content (AvgIpc) is 2.67. The molecular weight excluding hydrogens is 308 g/mol. The van der Waals surface area contributed by atoms with Crippen molar-refractivity contribution in [2.24, 2.45) is 5.73 Å². The van der Waals surface area contributed by atoms with E-state index in [9.17, 15) is 4.79 Å². The first-order valence-electron chi connectivity index (χ1n) is 8.69. The molecule has 1 unspecified atom stereocenters. The van der Waals surface area contributed by atoms with Crippen LogP contribution >= 0.6 is 0 Å². The van der Waals surface area contributed by atoms with E-state index in [-0.39, 0.29) is 11.9 Å². The average molecular weight is 332 g/mol. The second-order valence-corrected chi connectivity index (χ2v) is 6.40. The van der Waals surface area contributed by atoms with Crippen LogP contribution in [0.1, 0.15) is 22.3 Å². The molecule has 128 valence electrons. The van der Waals surface area contributed by atoms with Gasteiger partial charge in [0.2, 0.25) is 0 Å². The fourth-order valence-electron chi connectivity index (χ4n) is 3.20. The van der Waals surface area contributed by atoms with Gasteiger partial charge in [-0.25, -0.2) is 0 Å². The zero-order valence-electron chi connectivity index (χ0n) is 14.6. The molecule has 0 aliphatic rings. The predicted octanol–water partition coefficient (Wildman–Crippen LogP) is 3.87. The number of amides is 1. The van der Waals surface area contributed by atoms with Gasteiger partial charge < -0.3 is 10.6 Å². The lowest BCUT2D eigenvalue weighted by molar-refractivity contribution is 0.0725. The van der Waals surface area contributed by atoms with Crippen molar-refractivity contribution < 1.29 is 4.79 Å². The van der Waals surface area contributed by atoms with Gasteiger partial charge in [-0.1, -0.05) is 60.7 Å². The number of nitrogens with two attached hydrogens (primary N) is 1. The Labute approximate surface area is 149 Å². The predicted molar refractivity (Wildman–Crippen MR) is 104 cm³/mol. The summed E-state index contributed by atoms with van der Waals surface area (Å²) in [7, 11) is 1.88. The van der Waals surface area contributed by atoms with Crippen LogP contribution in [0.3, 0.4) is 0 Å². The molecule has 3 heteroatoms. The number of benzene rings is 3. The highest BCUT2D eigenvalue weighted by Gasteiger charge is 2.21. The van der Waals surface area contributed by atoms with Crippen LogP contribution in [0, 0.1) is 0 Å². The minimum Gasteiger partial charge on any atom is -0.338 e. The number of fused-ring (bicyclic) bond motifs is 1. The fourth-order valence-corrected chi connectivity index (χ4v) is 3.20. The van der Waals surface area contributed by atoms with Crippen LogP contribution in [-0.2, 0) is 6.42 Å². The van der Waals surface area contributed by atoms with Crippen molar-refractivity contribution >= 4 is 16.7 Å². The smallest absolute Gasteiger partial charge is 0.253 e. The van der Waals surface area contributed by atoms with Crippen LogP contribution in [0.5, 0.6) is 0 Å². The summed E-state index contributed by atoms with van der Waals surface area (Å²) < 4.78 is 0. The van der Waals surface area contributed by atoms with Crippen molar-refractivity contribution in [3.63, 3.8) is 0 Å². The van der Waals surface area contributed by atoms with E-state index >= 15 is 0 Å². The second-order valence-electron chi connectivity index (χ2n) is 6.40. The minimum atomic E-state index is 0.0418. The van der Waals surface area contributed by atoms with Crippen molar-refractivity contribution in [2.45, 2.75) is 18.9 Å². The molecule has 0 aromatic heterocycles. The Bertz CT molecular complexity index is 845. The van der Waals surface area contributed by atoms with Crippen LogP contribution in [0.2, 0.25) is 0 Å². The molecule has 3 aromatic carbocycles. The molecule has 2 N–H and O–H groups in total. The van der Waals surface area contributed by atoms with Gasteiger partial charge in [-0.3, -0.25) is 4.79 Å². The summed E-state index contributed by atoms with van der Waals surface area (Å²) in [5.41, 5.74) is 7.74. The SMILES string of the molecule is CN(C(=O)c1ccc2ccccc2c1)C(CCN)Cc1ccccc1. The maximum atomic E-state index is 13.0. The maximum Gasteiger partial charge on any atom is 0.253 e. The zero-order chi connectivity index (χ0) is 17.6. The van der Waals surface area contributed by atoms with Crippen LogP contribution in [0.25, 0.3) is 10.8 Å². The number of carbonyl (C=O) groups is 1. The largest absolute Gasteiger partial charge is 0.338 e. The summed E-state index contributed by atoms with van der Waals surface area (Å²) in [5, 5.41) is 2.23. The third kappa shape index (κ3) is 4.06. The van der Waals surface area contributed by atoms with Crippen molar-refractivity contribution in [3.05, 3.63) is 83.9 Å². The van der Waals surface area contributed by atoms with Gasteiger partial charge in [0, 0.05) is 18.7 Å². The van der Waals surface area contributed by atoms with E-state index in [1.54, 1.807) is 0 Å². The Balaban J connectivity index is 1.82. The molecule has 25 heavy (non-hydrogen) atoms. The van der Waals surface area contributed by atoms with E-state index in [0.29, 0.717) is 6.54 Å². The third-order valence-electron chi connectivity index (χ3n) is 4.68. The zero-order valence-corrected chi connectivity index (χ0v) is 14.6. The van der Waals surface area contributed by atoms with Crippen molar-refractivity contribution in [2.75, 3.05) is 13.6 Å². The van der Waals surface area contributed by atoms with E-state index in [0.717, 1.165) is 29.2 Å². The monoisotopic (exact) mass is 332 g/mol. The molecule has 0 aliphatic heterocycles. The fraction of sp³-hybridized carbons (Fsp3) is 0.227. The van der Waals surface area contributed by atoms with Gasteiger partial charge >= 0.3 is 0 Å². The number of nitrogens with zero attached hydrogens (tertiary/aromatic N) is 1. The van der Waals surface area contributed by atoms with Crippen molar-refractivity contribution in [1.29, 1.82) is 0 Å². The third-order valence-corrected chi connectivity index (χ3v) is 4.68. The second kappa shape index (κ2) is 7.95. The highest BCUT2D eigenvalue weighted by molar-refractivity contribution is 5.98. The van der Waals surface area contributed by atoms with E-state index in [2.05, 4.69) is 18.2 Å². The van der Waals surface area contributed by atoms with Crippen LogP contribution in [-0.4, -0.2) is 30.4 Å². The topological polar surface area (TPSA) is 46.3 Å². The van der Waals surface area contributed by atoms with Crippen LogP contribution in [0.15, 0.2) is 72.8 Å². The summed E-state index contributed by atoms with van der Waals surface area (Å²) in [6.07, 6.45) is 1.60. The quantitative estimate of drug-likeness (QED) is 0.745. The van der Waals surface area contributed by atoms with Crippen molar-refractivity contribution in [1.82, 2.24) is 4.90 Å². The van der Waals surface area contributed by atoms with E-state index in [4.69, 9.17) is 5.73 Å². The lowest BCUT2D eigenvalue weighted by atomic mass is 10.0. The molecule has 1 amide bonds. The summed E-state index contributed by atoms with van der Waals surface area (Å²) in [4.78, 5) is 14.8. The highest BCUT2D eigenvalue weighted by atomic mass is 16.2. The maximum absolute atomic E-state index is 13.0. The van der Waals surface area contributed by atoms with Crippen molar-refractivity contribution in [3.8, 4) is 0 Å². The number of rotatable bonds is 6. The molecule has 0 aliphatic carbocycles. The Kier molecular flexibility index (Phi) is 5.46. The highest BCUT2D eigenvalue weighted by Crippen LogP contribution is 2.19. The molecule has 0 heterocycles. The molecule has 0 radical (unpaired) electrons. The number of carbonyl (C=O) groups excluding carboxylic acids is 1. The summed E-state index contributed by atoms with van der Waals surface area (Å²) in [5.74, 6) is 0.0418. The van der Waals surface area contributed by atoms with Gasteiger partial charge in [0.15, 0.2) is 0 Å². The lowest BCUT2D eigenvalue weighted by Gasteiger charge is -2.28. The van der Waals surface area contributed by atoms with Gasteiger partial charge in [0.05, 0.1) is 0 Å². The first-order chi connectivity index (χ1) is 12.2. The standard InChI is InChI=1S/C22H24N2O/c1-24(21(13-14-23)15-17-7-3-2-4-8-17)22(25)20-12-11-18-9-5-6-10-19(18)16-20/h2-12,16,21H,13-15,23H2,1H3. The van der Waals surface area contributed by atoms with E-state index in [1.165, 1.54) is 5.56 Å². The summed E-state index contributed by atoms with van der Waals surface area (Å²) >= 11 is 0. The molecule has 1 atom stereocenters.